The Labute approximate surface area is 104 Å². The molecule has 0 aromatic heterocycles. The molecule has 0 radical (unpaired) electrons. The second-order valence-electron chi connectivity index (χ2n) is 5.99. The van der Waals surface area contributed by atoms with E-state index in [9.17, 15) is 9.90 Å². The molecule has 17 heavy (non-hydrogen) atoms. The predicted molar refractivity (Wildman–Crippen MR) is 68.8 cm³/mol. The molecule has 1 amide bonds. The molecule has 2 unspecified atom stereocenters. The van der Waals surface area contributed by atoms with Crippen molar-refractivity contribution in [2.24, 2.45) is 11.3 Å². The lowest BCUT2D eigenvalue weighted by atomic mass is 9.76. The van der Waals surface area contributed by atoms with Crippen LogP contribution in [0.4, 0.5) is 4.79 Å². The Morgan fingerprint density at radius 1 is 1.53 bits per heavy atom. The Morgan fingerprint density at radius 3 is 2.65 bits per heavy atom. The first kappa shape index (κ1) is 13.9. The van der Waals surface area contributed by atoms with E-state index in [4.69, 9.17) is 6.42 Å². The van der Waals surface area contributed by atoms with Crippen LogP contribution in [0.3, 0.4) is 0 Å². The van der Waals surface area contributed by atoms with E-state index in [0.717, 1.165) is 25.7 Å². The molecule has 1 saturated heterocycles. The number of amides is 1. The fraction of sp³-hybridized carbons (Fsp3) is 0.786. The molecular formula is C14H23NO2. The molecule has 0 aliphatic carbocycles. The lowest BCUT2D eigenvalue weighted by Crippen LogP contribution is -2.51. The van der Waals surface area contributed by atoms with Crippen molar-refractivity contribution in [3.63, 3.8) is 0 Å². The number of rotatable bonds is 2. The Bertz CT molecular complexity index is 311. The van der Waals surface area contributed by atoms with Crippen molar-refractivity contribution < 1.29 is 9.90 Å². The largest absolute Gasteiger partial charge is 0.465 e. The molecule has 0 aromatic rings. The van der Waals surface area contributed by atoms with Crippen molar-refractivity contribution in [1.82, 2.24) is 4.90 Å². The van der Waals surface area contributed by atoms with Crippen LogP contribution in [0.25, 0.3) is 0 Å². The number of hydrogen-bond donors (Lipinski definition) is 1. The summed E-state index contributed by atoms with van der Waals surface area (Å²) in [6, 6.07) is 0.108. The maximum Gasteiger partial charge on any atom is 0.407 e. The molecule has 1 rings (SSSR count). The molecule has 1 fully saturated rings. The standard InChI is InChI=1S/C14H23NO2/c1-5-6-7-11-8-9-15(13(16)17)12(10-11)14(2,3)4/h1,11-12H,6-10H2,2-4H3,(H,16,17). The van der Waals surface area contributed by atoms with Crippen LogP contribution in [0.5, 0.6) is 0 Å². The van der Waals surface area contributed by atoms with Gasteiger partial charge in [0, 0.05) is 19.0 Å². The van der Waals surface area contributed by atoms with Gasteiger partial charge in [-0.25, -0.2) is 4.79 Å². The molecule has 2 atom stereocenters. The highest BCUT2D eigenvalue weighted by molar-refractivity contribution is 5.65. The Morgan fingerprint density at radius 2 is 2.18 bits per heavy atom. The van der Waals surface area contributed by atoms with Crippen LogP contribution in [-0.4, -0.2) is 28.7 Å². The maximum absolute atomic E-state index is 11.2. The summed E-state index contributed by atoms with van der Waals surface area (Å²) in [5, 5.41) is 9.23. The van der Waals surface area contributed by atoms with E-state index in [1.54, 1.807) is 4.90 Å². The third-order valence-corrected chi connectivity index (χ3v) is 3.65. The Kier molecular flexibility index (Phi) is 4.45. The van der Waals surface area contributed by atoms with E-state index in [1.807, 2.05) is 0 Å². The van der Waals surface area contributed by atoms with Gasteiger partial charge in [-0.3, -0.25) is 0 Å². The molecule has 3 heteroatoms. The average molecular weight is 237 g/mol. The van der Waals surface area contributed by atoms with Crippen molar-refractivity contribution in [2.75, 3.05) is 6.54 Å². The first-order valence-corrected chi connectivity index (χ1v) is 6.29. The molecule has 0 spiro atoms. The van der Waals surface area contributed by atoms with Crippen molar-refractivity contribution >= 4 is 6.09 Å². The lowest BCUT2D eigenvalue weighted by molar-refractivity contribution is 0.0393. The van der Waals surface area contributed by atoms with Crippen LogP contribution >= 0.6 is 0 Å². The van der Waals surface area contributed by atoms with Crippen LogP contribution < -0.4 is 0 Å². The Hall–Kier alpha value is -1.17. The molecule has 0 aromatic carbocycles. The number of piperidine rings is 1. The van der Waals surface area contributed by atoms with E-state index in [0.29, 0.717) is 12.5 Å². The molecule has 1 aliphatic heterocycles. The van der Waals surface area contributed by atoms with Gasteiger partial charge in [0.1, 0.15) is 0 Å². The summed E-state index contributed by atoms with van der Waals surface area (Å²) < 4.78 is 0. The lowest BCUT2D eigenvalue weighted by Gasteiger charge is -2.44. The highest BCUT2D eigenvalue weighted by atomic mass is 16.4. The van der Waals surface area contributed by atoms with E-state index in [2.05, 4.69) is 26.7 Å². The van der Waals surface area contributed by atoms with Gasteiger partial charge in [0.25, 0.3) is 0 Å². The quantitative estimate of drug-likeness (QED) is 0.749. The average Bonchev–Trinajstić information content (AvgIpc) is 2.24. The second kappa shape index (κ2) is 5.44. The first-order chi connectivity index (χ1) is 7.86. The number of hydrogen-bond acceptors (Lipinski definition) is 1. The van der Waals surface area contributed by atoms with Crippen molar-refractivity contribution in [3.8, 4) is 12.3 Å². The molecule has 1 aliphatic rings. The number of nitrogens with zero attached hydrogens (tertiary/aromatic N) is 1. The second-order valence-corrected chi connectivity index (χ2v) is 5.99. The van der Waals surface area contributed by atoms with Crippen molar-refractivity contribution in [3.05, 3.63) is 0 Å². The van der Waals surface area contributed by atoms with Crippen LogP contribution in [0, 0.1) is 23.7 Å². The van der Waals surface area contributed by atoms with Crippen LogP contribution in [0.2, 0.25) is 0 Å². The first-order valence-electron chi connectivity index (χ1n) is 6.29. The molecule has 96 valence electrons. The van der Waals surface area contributed by atoms with Crippen molar-refractivity contribution in [2.45, 2.75) is 52.5 Å². The van der Waals surface area contributed by atoms with Crippen LogP contribution in [0.15, 0.2) is 0 Å². The van der Waals surface area contributed by atoms with E-state index in [-0.39, 0.29) is 11.5 Å². The molecular weight excluding hydrogens is 214 g/mol. The van der Waals surface area contributed by atoms with Crippen LogP contribution in [0.1, 0.15) is 46.5 Å². The zero-order valence-corrected chi connectivity index (χ0v) is 11.1. The zero-order valence-electron chi connectivity index (χ0n) is 11.1. The minimum Gasteiger partial charge on any atom is -0.465 e. The number of likely N-dealkylation sites (tertiary alicyclic amines) is 1. The van der Waals surface area contributed by atoms with E-state index in [1.165, 1.54) is 0 Å². The van der Waals surface area contributed by atoms with Gasteiger partial charge >= 0.3 is 6.09 Å². The van der Waals surface area contributed by atoms with E-state index < -0.39 is 6.09 Å². The van der Waals surface area contributed by atoms with Crippen LogP contribution in [-0.2, 0) is 0 Å². The monoisotopic (exact) mass is 237 g/mol. The van der Waals surface area contributed by atoms with Gasteiger partial charge in [0.2, 0.25) is 0 Å². The van der Waals surface area contributed by atoms with Gasteiger partial charge in [-0.2, -0.15) is 0 Å². The number of terminal acetylenes is 1. The molecule has 0 saturated carbocycles. The summed E-state index contributed by atoms with van der Waals surface area (Å²) in [5.74, 6) is 3.25. The summed E-state index contributed by atoms with van der Waals surface area (Å²) in [4.78, 5) is 12.8. The van der Waals surface area contributed by atoms with Gasteiger partial charge in [-0.1, -0.05) is 20.8 Å². The fourth-order valence-corrected chi connectivity index (χ4v) is 2.64. The predicted octanol–water partition coefficient (Wildman–Crippen LogP) is 3.20. The van der Waals surface area contributed by atoms with Gasteiger partial charge < -0.3 is 10.0 Å². The minimum atomic E-state index is -0.791. The highest BCUT2D eigenvalue weighted by Gasteiger charge is 2.38. The SMILES string of the molecule is C#CCCC1CCN(C(=O)O)C(C(C)(C)C)C1. The van der Waals surface area contributed by atoms with Gasteiger partial charge in [-0.15, -0.1) is 12.3 Å². The number of carboxylic acid groups (broad SMARTS) is 1. The van der Waals surface area contributed by atoms with Gasteiger partial charge in [-0.05, 0) is 30.6 Å². The molecule has 0 bridgehead atoms. The van der Waals surface area contributed by atoms with E-state index >= 15 is 0 Å². The third-order valence-electron chi connectivity index (χ3n) is 3.65. The zero-order chi connectivity index (χ0) is 13.1. The van der Waals surface area contributed by atoms with Gasteiger partial charge in [0.15, 0.2) is 0 Å². The summed E-state index contributed by atoms with van der Waals surface area (Å²) in [6.45, 7) is 6.97. The maximum atomic E-state index is 11.2. The normalized spacial score (nSPS) is 25.4. The highest BCUT2D eigenvalue weighted by Crippen LogP contribution is 2.36. The van der Waals surface area contributed by atoms with Gasteiger partial charge in [0.05, 0.1) is 0 Å². The molecule has 1 N–H and O–H groups in total. The smallest absolute Gasteiger partial charge is 0.407 e. The Balaban J connectivity index is 2.71. The summed E-state index contributed by atoms with van der Waals surface area (Å²) >= 11 is 0. The minimum absolute atomic E-state index is 0.00674. The topological polar surface area (TPSA) is 40.5 Å². The van der Waals surface area contributed by atoms with Crippen molar-refractivity contribution in [1.29, 1.82) is 0 Å². The summed E-state index contributed by atoms with van der Waals surface area (Å²) in [7, 11) is 0. The fourth-order valence-electron chi connectivity index (χ4n) is 2.64. The summed E-state index contributed by atoms with van der Waals surface area (Å²) in [6.07, 6.45) is 8.21. The molecule has 1 heterocycles. The number of carbonyl (C=O) groups is 1. The summed E-state index contributed by atoms with van der Waals surface area (Å²) in [5.41, 5.74) is -0.00674. The third kappa shape index (κ3) is 3.66. The molecule has 3 nitrogen and oxygen atoms in total.